The van der Waals surface area contributed by atoms with Crippen LogP contribution in [0.3, 0.4) is 0 Å². The molecule has 1 N–H and O–H groups in total. The number of carbonyl (C=O) groups excluding carboxylic acids is 1. The fourth-order valence-corrected chi connectivity index (χ4v) is 3.17. The molecule has 7 heteroatoms. The minimum atomic E-state index is 0.0574. The van der Waals surface area contributed by atoms with Crippen LogP contribution in [0.4, 0.5) is 5.82 Å². The number of nitrogens with one attached hydrogen (secondary N) is 1. The van der Waals surface area contributed by atoms with E-state index in [1.807, 2.05) is 19.1 Å². The third kappa shape index (κ3) is 3.00. The van der Waals surface area contributed by atoms with Crippen LogP contribution in [0, 0.1) is 18.8 Å². The summed E-state index contributed by atoms with van der Waals surface area (Å²) in [4.78, 5) is 14.5. The molecule has 3 heterocycles. The number of amides is 1. The van der Waals surface area contributed by atoms with Crippen LogP contribution in [-0.2, 0) is 4.79 Å². The Morgan fingerprint density at radius 1 is 1.30 bits per heavy atom. The van der Waals surface area contributed by atoms with Crippen LogP contribution in [0.2, 0.25) is 0 Å². The molecule has 1 aliphatic heterocycles. The van der Waals surface area contributed by atoms with Gasteiger partial charge in [0.05, 0.1) is 5.92 Å². The maximum atomic E-state index is 12.3. The van der Waals surface area contributed by atoms with Crippen LogP contribution in [-0.4, -0.2) is 45.4 Å². The third-order valence-electron chi connectivity index (χ3n) is 4.78. The Labute approximate surface area is 135 Å². The quantitative estimate of drug-likeness (QED) is 0.917. The number of piperidine rings is 1. The molecule has 0 radical (unpaired) electrons. The Morgan fingerprint density at radius 3 is 3.00 bits per heavy atom. The second-order valence-corrected chi connectivity index (χ2v) is 6.68. The highest BCUT2D eigenvalue weighted by Gasteiger charge is 2.28. The summed E-state index contributed by atoms with van der Waals surface area (Å²) >= 11 is 0. The minimum absolute atomic E-state index is 0.0574. The molecule has 1 saturated carbocycles. The smallest absolute Gasteiger partial charge is 0.224 e. The van der Waals surface area contributed by atoms with Crippen LogP contribution >= 0.6 is 0 Å². The van der Waals surface area contributed by atoms with E-state index in [1.165, 1.54) is 12.8 Å². The Morgan fingerprint density at radius 2 is 2.17 bits per heavy atom. The molecule has 1 atom stereocenters. The molecule has 2 fully saturated rings. The third-order valence-corrected chi connectivity index (χ3v) is 4.78. The lowest BCUT2D eigenvalue weighted by atomic mass is 9.97. The molecular weight excluding hydrogens is 292 g/mol. The van der Waals surface area contributed by atoms with E-state index in [1.54, 1.807) is 4.52 Å². The zero-order valence-corrected chi connectivity index (χ0v) is 13.4. The van der Waals surface area contributed by atoms with Gasteiger partial charge in [0.25, 0.3) is 0 Å². The summed E-state index contributed by atoms with van der Waals surface area (Å²) in [5.74, 6) is 2.64. The van der Waals surface area contributed by atoms with Gasteiger partial charge in [0.1, 0.15) is 5.82 Å². The van der Waals surface area contributed by atoms with Crippen molar-refractivity contribution in [3.8, 4) is 0 Å². The normalized spacial score (nSPS) is 21.6. The van der Waals surface area contributed by atoms with E-state index in [9.17, 15) is 4.79 Å². The number of aromatic nitrogens is 4. The molecule has 0 bridgehead atoms. The van der Waals surface area contributed by atoms with Gasteiger partial charge in [-0.3, -0.25) is 4.79 Å². The van der Waals surface area contributed by atoms with Gasteiger partial charge in [0.15, 0.2) is 11.5 Å². The average molecular weight is 314 g/mol. The Hall–Kier alpha value is -2.18. The molecule has 4 rings (SSSR count). The van der Waals surface area contributed by atoms with E-state index >= 15 is 0 Å². The summed E-state index contributed by atoms with van der Waals surface area (Å²) in [6, 6.07) is 3.90. The SMILES string of the molecule is Cc1nnc2ccc(N3CCCC(C(=O)NCC4CC4)C3)nn12. The van der Waals surface area contributed by atoms with Crippen molar-refractivity contribution in [2.45, 2.75) is 32.6 Å². The fourth-order valence-electron chi connectivity index (χ4n) is 3.17. The van der Waals surface area contributed by atoms with Gasteiger partial charge >= 0.3 is 0 Å². The second-order valence-electron chi connectivity index (χ2n) is 6.68. The molecular formula is C16H22N6O. The highest BCUT2D eigenvalue weighted by Crippen LogP contribution is 2.28. The summed E-state index contributed by atoms with van der Waals surface area (Å²) in [5, 5.41) is 15.8. The van der Waals surface area contributed by atoms with E-state index < -0.39 is 0 Å². The predicted molar refractivity (Wildman–Crippen MR) is 86.2 cm³/mol. The molecule has 1 amide bonds. The Balaban J connectivity index is 1.46. The van der Waals surface area contributed by atoms with Crippen molar-refractivity contribution in [3.63, 3.8) is 0 Å². The van der Waals surface area contributed by atoms with Gasteiger partial charge in [-0.1, -0.05) is 0 Å². The van der Waals surface area contributed by atoms with Gasteiger partial charge in [-0.05, 0) is 50.7 Å². The van der Waals surface area contributed by atoms with Gasteiger partial charge < -0.3 is 10.2 Å². The van der Waals surface area contributed by atoms with Gasteiger partial charge in [0.2, 0.25) is 5.91 Å². The molecule has 1 saturated heterocycles. The standard InChI is InChI=1S/C16H22N6O/c1-11-18-19-14-6-7-15(20-22(11)14)21-8-2-3-13(10-21)16(23)17-9-12-4-5-12/h6-7,12-13H,2-5,8-10H2,1H3,(H,17,23). The molecule has 2 aromatic rings. The largest absolute Gasteiger partial charge is 0.356 e. The molecule has 1 aliphatic carbocycles. The number of rotatable bonds is 4. The van der Waals surface area contributed by atoms with E-state index in [-0.39, 0.29) is 11.8 Å². The van der Waals surface area contributed by atoms with Crippen molar-refractivity contribution < 1.29 is 4.79 Å². The van der Waals surface area contributed by atoms with Crippen molar-refractivity contribution in [1.29, 1.82) is 0 Å². The van der Waals surface area contributed by atoms with Crippen LogP contribution in [0.5, 0.6) is 0 Å². The number of fused-ring (bicyclic) bond motifs is 1. The molecule has 122 valence electrons. The predicted octanol–water partition coefficient (Wildman–Crippen LogP) is 1.18. The van der Waals surface area contributed by atoms with Crippen molar-refractivity contribution in [1.82, 2.24) is 25.1 Å². The second kappa shape index (κ2) is 5.79. The van der Waals surface area contributed by atoms with E-state index in [0.29, 0.717) is 0 Å². The fraction of sp³-hybridized carbons (Fsp3) is 0.625. The lowest BCUT2D eigenvalue weighted by Crippen LogP contribution is -2.44. The van der Waals surface area contributed by atoms with Crippen molar-refractivity contribution >= 4 is 17.4 Å². The molecule has 2 aliphatic rings. The number of hydrogen-bond acceptors (Lipinski definition) is 5. The maximum Gasteiger partial charge on any atom is 0.224 e. The van der Waals surface area contributed by atoms with Crippen LogP contribution < -0.4 is 10.2 Å². The first-order chi connectivity index (χ1) is 11.2. The first-order valence-corrected chi connectivity index (χ1v) is 8.42. The Kier molecular flexibility index (Phi) is 3.63. The molecule has 23 heavy (non-hydrogen) atoms. The average Bonchev–Trinajstić information content (AvgIpc) is 3.35. The summed E-state index contributed by atoms with van der Waals surface area (Å²) in [6.07, 6.45) is 4.50. The number of hydrogen-bond donors (Lipinski definition) is 1. The van der Waals surface area contributed by atoms with Crippen LogP contribution in [0.25, 0.3) is 5.65 Å². The molecule has 0 spiro atoms. The zero-order valence-electron chi connectivity index (χ0n) is 13.4. The van der Waals surface area contributed by atoms with Gasteiger partial charge in [-0.2, -0.15) is 4.52 Å². The van der Waals surface area contributed by atoms with Crippen molar-refractivity contribution in [2.75, 3.05) is 24.5 Å². The van der Waals surface area contributed by atoms with E-state index in [4.69, 9.17) is 0 Å². The first-order valence-electron chi connectivity index (χ1n) is 8.42. The molecule has 0 aromatic carbocycles. The number of anilines is 1. The maximum absolute atomic E-state index is 12.3. The lowest BCUT2D eigenvalue weighted by Gasteiger charge is -2.32. The Bertz CT molecular complexity index is 722. The monoisotopic (exact) mass is 314 g/mol. The zero-order chi connectivity index (χ0) is 15.8. The first kappa shape index (κ1) is 14.4. The highest BCUT2D eigenvalue weighted by molar-refractivity contribution is 5.79. The molecule has 1 unspecified atom stereocenters. The molecule has 7 nitrogen and oxygen atoms in total. The van der Waals surface area contributed by atoms with Gasteiger partial charge in [-0.25, -0.2) is 0 Å². The van der Waals surface area contributed by atoms with E-state index in [0.717, 1.165) is 55.7 Å². The summed E-state index contributed by atoms with van der Waals surface area (Å²) in [6.45, 7) is 4.41. The van der Waals surface area contributed by atoms with Crippen molar-refractivity contribution in [2.24, 2.45) is 11.8 Å². The topological polar surface area (TPSA) is 75.4 Å². The number of carbonyl (C=O) groups is 1. The lowest BCUT2D eigenvalue weighted by molar-refractivity contribution is -0.125. The van der Waals surface area contributed by atoms with Crippen molar-refractivity contribution in [3.05, 3.63) is 18.0 Å². The summed E-state index contributed by atoms with van der Waals surface area (Å²) in [7, 11) is 0. The summed E-state index contributed by atoms with van der Waals surface area (Å²) in [5.41, 5.74) is 0.752. The number of aryl methyl sites for hydroxylation is 1. The number of nitrogens with zero attached hydrogens (tertiary/aromatic N) is 5. The molecule has 2 aromatic heterocycles. The summed E-state index contributed by atoms with van der Waals surface area (Å²) < 4.78 is 1.76. The minimum Gasteiger partial charge on any atom is -0.356 e. The van der Waals surface area contributed by atoms with Gasteiger partial charge in [-0.15, -0.1) is 15.3 Å². The van der Waals surface area contributed by atoms with Crippen LogP contribution in [0.15, 0.2) is 12.1 Å². The van der Waals surface area contributed by atoms with Crippen LogP contribution in [0.1, 0.15) is 31.5 Å². The van der Waals surface area contributed by atoms with Gasteiger partial charge in [0, 0.05) is 19.6 Å². The van der Waals surface area contributed by atoms with E-state index in [2.05, 4.69) is 25.5 Å². The highest BCUT2D eigenvalue weighted by atomic mass is 16.1.